The summed E-state index contributed by atoms with van der Waals surface area (Å²) in [5, 5.41) is 8.58. The van der Waals surface area contributed by atoms with Crippen LogP contribution in [0.25, 0.3) is 0 Å². The third-order valence-corrected chi connectivity index (χ3v) is 3.63. The van der Waals surface area contributed by atoms with E-state index in [1.165, 1.54) is 5.56 Å². The van der Waals surface area contributed by atoms with Crippen molar-refractivity contribution in [3.8, 4) is 0 Å². The van der Waals surface area contributed by atoms with Gasteiger partial charge in [0.05, 0.1) is 22.4 Å². The molecule has 0 aliphatic carbocycles. The summed E-state index contributed by atoms with van der Waals surface area (Å²) < 4.78 is 1.84. The smallest absolute Gasteiger partial charge is 0.0659 e. The number of anilines is 2. The van der Waals surface area contributed by atoms with Gasteiger partial charge in [0.25, 0.3) is 0 Å². The number of rotatable bonds is 4. The van der Waals surface area contributed by atoms with E-state index in [0.29, 0.717) is 0 Å². The van der Waals surface area contributed by atoms with Gasteiger partial charge in [-0.1, -0.05) is 11.6 Å². The monoisotopic (exact) mass is 292 g/mol. The van der Waals surface area contributed by atoms with Crippen LogP contribution in [0.3, 0.4) is 0 Å². The molecule has 1 N–H and O–H groups in total. The average molecular weight is 293 g/mol. The molecule has 0 aliphatic rings. The molecule has 2 rings (SSSR count). The van der Waals surface area contributed by atoms with Crippen molar-refractivity contribution >= 4 is 23.0 Å². The summed E-state index contributed by atoms with van der Waals surface area (Å²) in [6, 6.07) is 6.21. The fourth-order valence-corrected chi connectivity index (χ4v) is 2.68. The molecule has 0 fully saturated rings. The molecular formula is C15H21ClN4. The molecule has 0 spiro atoms. The molecule has 4 nitrogen and oxygen atoms in total. The van der Waals surface area contributed by atoms with E-state index >= 15 is 0 Å². The van der Waals surface area contributed by atoms with E-state index in [0.717, 1.165) is 22.1 Å². The van der Waals surface area contributed by atoms with Gasteiger partial charge in [0.15, 0.2) is 0 Å². The second-order valence-electron chi connectivity index (χ2n) is 5.27. The highest BCUT2D eigenvalue weighted by atomic mass is 35.5. The van der Waals surface area contributed by atoms with Crippen LogP contribution in [0.1, 0.15) is 24.2 Å². The number of hydrogen-bond acceptors (Lipinski definition) is 3. The van der Waals surface area contributed by atoms with Crippen LogP contribution >= 0.6 is 11.6 Å². The van der Waals surface area contributed by atoms with Crippen LogP contribution in [0.4, 0.5) is 11.4 Å². The van der Waals surface area contributed by atoms with Crippen molar-refractivity contribution in [3.05, 3.63) is 40.7 Å². The van der Waals surface area contributed by atoms with Gasteiger partial charge in [0, 0.05) is 38.6 Å². The maximum atomic E-state index is 6.29. The number of aromatic nitrogens is 2. The van der Waals surface area contributed by atoms with Gasteiger partial charge in [-0.25, -0.2) is 0 Å². The van der Waals surface area contributed by atoms with Crippen molar-refractivity contribution < 1.29 is 0 Å². The van der Waals surface area contributed by atoms with Crippen molar-refractivity contribution in [2.24, 2.45) is 7.05 Å². The molecule has 0 saturated carbocycles. The first-order chi connectivity index (χ1) is 9.38. The minimum absolute atomic E-state index is 0.185. The average Bonchev–Trinajstić information content (AvgIpc) is 2.68. The van der Waals surface area contributed by atoms with Crippen molar-refractivity contribution in [1.82, 2.24) is 9.78 Å². The Balaban J connectivity index is 2.18. The summed E-state index contributed by atoms with van der Waals surface area (Å²) in [6.45, 7) is 4.15. The van der Waals surface area contributed by atoms with Gasteiger partial charge in [-0.2, -0.15) is 5.10 Å². The molecule has 1 aromatic carbocycles. The zero-order valence-electron chi connectivity index (χ0n) is 12.6. The lowest BCUT2D eigenvalue weighted by molar-refractivity contribution is 0.756. The van der Waals surface area contributed by atoms with E-state index < -0.39 is 0 Å². The predicted octanol–water partition coefficient (Wildman–Crippen LogP) is 3.62. The number of halogens is 1. The van der Waals surface area contributed by atoms with Crippen LogP contribution in [0.5, 0.6) is 0 Å². The van der Waals surface area contributed by atoms with Gasteiger partial charge in [-0.15, -0.1) is 0 Å². The van der Waals surface area contributed by atoms with Gasteiger partial charge in [-0.05, 0) is 32.0 Å². The second kappa shape index (κ2) is 5.75. The van der Waals surface area contributed by atoms with Crippen LogP contribution in [-0.2, 0) is 7.05 Å². The van der Waals surface area contributed by atoms with Crippen LogP contribution in [0.15, 0.2) is 24.4 Å². The number of benzene rings is 1. The Hall–Kier alpha value is -1.68. The van der Waals surface area contributed by atoms with Crippen molar-refractivity contribution in [1.29, 1.82) is 0 Å². The molecule has 1 unspecified atom stereocenters. The van der Waals surface area contributed by atoms with Crippen molar-refractivity contribution in [2.45, 2.75) is 19.9 Å². The highest BCUT2D eigenvalue weighted by Crippen LogP contribution is 2.29. The third kappa shape index (κ3) is 3.07. The van der Waals surface area contributed by atoms with Crippen LogP contribution in [0.2, 0.25) is 5.02 Å². The molecule has 1 heterocycles. The fourth-order valence-electron chi connectivity index (χ4n) is 2.33. The van der Waals surface area contributed by atoms with Crippen molar-refractivity contribution in [2.75, 3.05) is 24.3 Å². The summed E-state index contributed by atoms with van der Waals surface area (Å²) in [4.78, 5) is 2.00. The molecule has 1 atom stereocenters. The summed E-state index contributed by atoms with van der Waals surface area (Å²) in [6.07, 6.45) is 2.04. The van der Waals surface area contributed by atoms with E-state index in [4.69, 9.17) is 11.6 Å². The van der Waals surface area contributed by atoms with Crippen molar-refractivity contribution in [3.63, 3.8) is 0 Å². The summed E-state index contributed by atoms with van der Waals surface area (Å²) >= 11 is 6.29. The Labute approximate surface area is 125 Å². The zero-order chi connectivity index (χ0) is 14.9. The zero-order valence-corrected chi connectivity index (χ0v) is 13.4. The van der Waals surface area contributed by atoms with E-state index in [9.17, 15) is 0 Å². The minimum atomic E-state index is 0.185. The normalized spacial score (nSPS) is 12.3. The standard InChI is InChI=1S/C15H21ClN4/c1-10(13-9-20(5)18-11(13)2)17-12-6-7-15(19(3)4)14(16)8-12/h6-10,17H,1-5H3. The second-order valence-corrected chi connectivity index (χ2v) is 5.68. The van der Waals surface area contributed by atoms with Gasteiger partial charge < -0.3 is 10.2 Å². The lowest BCUT2D eigenvalue weighted by atomic mass is 10.1. The molecule has 0 saturated heterocycles. The fraction of sp³-hybridized carbons (Fsp3) is 0.400. The molecular weight excluding hydrogens is 272 g/mol. The first-order valence-electron chi connectivity index (χ1n) is 6.62. The summed E-state index contributed by atoms with van der Waals surface area (Å²) in [5.74, 6) is 0. The first kappa shape index (κ1) is 14.7. The highest BCUT2D eigenvalue weighted by molar-refractivity contribution is 6.33. The van der Waals surface area contributed by atoms with Gasteiger partial charge in [0.2, 0.25) is 0 Å². The van der Waals surface area contributed by atoms with Crippen LogP contribution < -0.4 is 10.2 Å². The largest absolute Gasteiger partial charge is 0.378 e. The van der Waals surface area contributed by atoms with Gasteiger partial charge in [0.1, 0.15) is 0 Å². The molecule has 0 radical (unpaired) electrons. The molecule has 108 valence electrons. The van der Waals surface area contributed by atoms with E-state index in [2.05, 4.69) is 17.3 Å². The number of hydrogen-bond donors (Lipinski definition) is 1. The molecule has 1 aromatic heterocycles. The maximum absolute atomic E-state index is 6.29. The van der Waals surface area contributed by atoms with Crippen LogP contribution in [0, 0.1) is 6.92 Å². The van der Waals surface area contributed by atoms with E-state index in [1.54, 1.807) is 0 Å². The summed E-state index contributed by atoms with van der Waals surface area (Å²) in [5.41, 5.74) is 4.27. The molecule has 0 amide bonds. The lowest BCUT2D eigenvalue weighted by Crippen LogP contribution is -2.10. The van der Waals surface area contributed by atoms with Gasteiger partial charge >= 0.3 is 0 Å². The summed E-state index contributed by atoms with van der Waals surface area (Å²) in [7, 11) is 5.90. The quantitative estimate of drug-likeness (QED) is 0.934. The minimum Gasteiger partial charge on any atom is -0.378 e. The molecule has 0 aliphatic heterocycles. The number of nitrogens with zero attached hydrogens (tertiary/aromatic N) is 3. The predicted molar refractivity (Wildman–Crippen MR) is 85.8 cm³/mol. The maximum Gasteiger partial charge on any atom is 0.0659 e. The van der Waals surface area contributed by atoms with E-state index in [-0.39, 0.29) is 6.04 Å². The Bertz CT molecular complexity index is 604. The molecule has 2 aromatic rings. The number of aryl methyl sites for hydroxylation is 2. The molecule has 0 bridgehead atoms. The Morgan fingerprint density at radius 3 is 2.55 bits per heavy atom. The highest BCUT2D eigenvalue weighted by Gasteiger charge is 2.12. The Kier molecular flexibility index (Phi) is 4.23. The molecule has 20 heavy (non-hydrogen) atoms. The number of nitrogens with one attached hydrogen (secondary N) is 1. The third-order valence-electron chi connectivity index (χ3n) is 3.33. The topological polar surface area (TPSA) is 33.1 Å². The van der Waals surface area contributed by atoms with Gasteiger partial charge in [-0.3, -0.25) is 4.68 Å². The Morgan fingerprint density at radius 2 is 2.05 bits per heavy atom. The van der Waals surface area contributed by atoms with Crippen LogP contribution in [-0.4, -0.2) is 23.9 Å². The lowest BCUT2D eigenvalue weighted by Gasteiger charge is -2.18. The molecule has 5 heteroatoms. The first-order valence-corrected chi connectivity index (χ1v) is 7.00. The van der Waals surface area contributed by atoms with E-state index in [1.807, 2.05) is 62.0 Å². The SMILES string of the molecule is Cc1nn(C)cc1C(C)Nc1ccc(N(C)C)c(Cl)c1. The Morgan fingerprint density at radius 1 is 1.35 bits per heavy atom.